The number of hydrogen-bond donors (Lipinski definition) is 1. The summed E-state index contributed by atoms with van der Waals surface area (Å²) in [7, 11) is 1.93. The zero-order valence-electron chi connectivity index (χ0n) is 9.16. The lowest BCUT2D eigenvalue weighted by Crippen LogP contribution is -2.23. The average Bonchev–Trinajstić information content (AvgIpc) is 2.68. The van der Waals surface area contributed by atoms with Crippen LogP contribution in [-0.4, -0.2) is 25.4 Å². The standard InChI is InChI=1S/C12H16N2O/c1-9-5-3-4-6-11(9)12-7-10(8-13-2)15-14-12/h3-6,10,13H,7-8H2,1-2H3/t10-/m1/s1. The molecule has 3 nitrogen and oxygen atoms in total. The third kappa shape index (κ3) is 2.18. The van der Waals surface area contributed by atoms with Gasteiger partial charge < -0.3 is 10.2 Å². The molecule has 3 heteroatoms. The summed E-state index contributed by atoms with van der Waals surface area (Å²) in [6.07, 6.45) is 1.08. The van der Waals surface area contributed by atoms with E-state index in [1.54, 1.807) is 0 Å². The van der Waals surface area contributed by atoms with Crippen molar-refractivity contribution in [1.29, 1.82) is 0 Å². The maximum absolute atomic E-state index is 5.34. The molecular formula is C12H16N2O. The summed E-state index contributed by atoms with van der Waals surface area (Å²) < 4.78 is 0. The molecule has 0 amide bonds. The van der Waals surface area contributed by atoms with Crippen LogP contribution in [0.3, 0.4) is 0 Å². The van der Waals surface area contributed by atoms with Crippen molar-refractivity contribution in [1.82, 2.24) is 5.32 Å². The van der Waals surface area contributed by atoms with Crippen molar-refractivity contribution in [3.8, 4) is 0 Å². The normalized spacial score (nSPS) is 19.9. The number of rotatable bonds is 3. The van der Waals surface area contributed by atoms with E-state index in [4.69, 9.17) is 4.84 Å². The molecule has 1 aromatic carbocycles. The second-order valence-corrected chi connectivity index (χ2v) is 3.84. The summed E-state index contributed by atoms with van der Waals surface area (Å²) in [4.78, 5) is 5.34. The van der Waals surface area contributed by atoms with E-state index in [0.717, 1.165) is 18.7 Å². The van der Waals surface area contributed by atoms with Crippen molar-refractivity contribution in [2.24, 2.45) is 5.16 Å². The Hall–Kier alpha value is -1.35. The van der Waals surface area contributed by atoms with Gasteiger partial charge in [0.2, 0.25) is 0 Å². The van der Waals surface area contributed by atoms with E-state index in [1.165, 1.54) is 11.1 Å². The third-order valence-electron chi connectivity index (χ3n) is 2.62. The Morgan fingerprint density at radius 1 is 1.47 bits per heavy atom. The molecule has 0 fully saturated rings. The van der Waals surface area contributed by atoms with Gasteiger partial charge in [-0.2, -0.15) is 0 Å². The predicted octanol–water partition coefficient (Wildman–Crippen LogP) is 1.71. The fourth-order valence-corrected chi connectivity index (χ4v) is 1.82. The van der Waals surface area contributed by atoms with Gasteiger partial charge in [0.05, 0.1) is 5.71 Å². The van der Waals surface area contributed by atoms with Crippen LogP contribution in [0.1, 0.15) is 17.5 Å². The van der Waals surface area contributed by atoms with Crippen LogP contribution in [0.15, 0.2) is 29.4 Å². The quantitative estimate of drug-likeness (QED) is 0.813. The summed E-state index contributed by atoms with van der Waals surface area (Å²) in [6.45, 7) is 2.95. The number of benzene rings is 1. The molecule has 0 aromatic heterocycles. The first kappa shape index (κ1) is 10.2. The van der Waals surface area contributed by atoms with E-state index < -0.39 is 0 Å². The van der Waals surface area contributed by atoms with Gasteiger partial charge in [-0.15, -0.1) is 0 Å². The summed E-state index contributed by atoms with van der Waals surface area (Å²) >= 11 is 0. The highest BCUT2D eigenvalue weighted by atomic mass is 16.6. The average molecular weight is 204 g/mol. The molecule has 2 rings (SSSR count). The van der Waals surface area contributed by atoms with E-state index in [2.05, 4.69) is 29.5 Å². The van der Waals surface area contributed by atoms with Crippen LogP contribution < -0.4 is 5.32 Å². The van der Waals surface area contributed by atoms with Gasteiger partial charge in [-0.3, -0.25) is 0 Å². The van der Waals surface area contributed by atoms with Crippen LogP contribution >= 0.6 is 0 Å². The smallest absolute Gasteiger partial charge is 0.145 e. The summed E-state index contributed by atoms with van der Waals surface area (Å²) in [6, 6.07) is 8.28. The molecule has 1 aliphatic heterocycles. The van der Waals surface area contributed by atoms with Gasteiger partial charge in [0.25, 0.3) is 0 Å². The minimum Gasteiger partial charge on any atom is -0.390 e. The Balaban J connectivity index is 2.11. The van der Waals surface area contributed by atoms with Gasteiger partial charge >= 0.3 is 0 Å². The summed E-state index contributed by atoms with van der Waals surface area (Å²) in [5, 5.41) is 7.24. The lowest BCUT2D eigenvalue weighted by atomic mass is 10.0. The molecule has 80 valence electrons. The number of nitrogens with zero attached hydrogens (tertiary/aromatic N) is 1. The van der Waals surface area contributed by atoms with Crippen molar-refractivity contribution >= 4 is 5.71 Å². The molecule has 0 aliphatic carbocycles. The molecule has 0 bridgehead atoms. The van der Waals surface area contributed by atoms with Crippen molar-refractivity contribution < 1.29 is 4.84 Å². The topological polar surface area (TPSA) is 33.6 Å². The molecule has 0 saturated heterocycles. The van der Waals surface area contributed by atoms with Gasteiger partial charge in [-0.1, -0.05) is 29.4 Å². The van der Waals surface area contributed by atoms with Crippen molar-refractivity contribution in [2.45, 2.75) is 19.4 Å². The lowest BCUT2D eigenvalue weighted by Gasteiger charge is -2.06. The Morgan fingerprint density at radius 3 is 3.00 bits per heavy atom. The minimum absolute atomic E-state index is 0.185. The number of oxime groups is 1. The van der Waals surface area contributed by atoms with Crippen LogP contribution in [0.4, 0.5) is 0 Å². The Morgan fingerprint density at radius 2 is 2.27 bits per heavy atom. The molecule has 1 atom stereocenters. The molecule has 1 aliphatic rings. The molecule has 15 heavy (non-hydrogen) atoms. The Kier molecular flexibility index (Phi) is 3.02. The maximum atomic E-state index is 5.34. The SMILES string of the molecule is CNC[C@H]1CC(c2ccccc2C)=NO1. The van der Waals surface area contributed by atoms with E-state index >= 15 is 0 Å². The molecule has 1 N–H and O–H groups in total. The highest BCUT2D eigenvalue weighted by Gasteiger charge is 2.21. The van der Waals surface area contributed by atoms with Crippen molar-refractivity contribution in [3.63, 3.8) is 0 Å². The monoisotopic (exact) mass is 204 g/mol. The van der Waals surface area contributed by atoms with Crippen LogP contribution in [-0.2, 0) is 4.84 Å². The van der Waals surface area contributed by atoms with E-state index in [1.807, 2.05) is 19.2 Å². The highest BCUT2D eigenvalue weighted by Crippen LogP contribution is 2.18. The zero-order chi connectivity index (χ0) is 10.7. The summed E-state index contributed by atoms with van der Waals surface area (Å²) in [5.74, 6) is 0. The molecule has 0 radical (unpaired) electrons. The second kappa shape index (κ2) is 4.45. The maximum Gasteiger partial charge on any atom is 0.145 e. The fraction of sp³-hybridized carbons (Fsp3) is 0.417. The first-order valence-electron chi connectivity index (χ1n) is 5.24. The van der Waals surface area contributed by atoms with Crippen molar-refractivity contribution in [3.05, 3.63) is 35.4 Å². The molecule has 0 saturated carbocycles. The minimum atomic E-state index is 0.185. The Bertz CT molecular complexity index is 374. The van der Waals surface area contributed by atoms with Gasteiger partial charge in [-0.05, 0) is 19.5 Å². The molecule has 0 unspecified atom stereocenters. The molecule has 0 spiro atoms. The van der Waals surface area contributed by atoms with E-state index in [0.29, 0.717) is 0 Å². The van der Waals surface area contributed by atoms with E-state index in [9.17, 15) is 0 Å². The fourth-order valence-electron chi connectivity index (χ4n) is 1.82. The van der Waals surface area contributed by atoms with Gasteiger partial charge in [-0.25, -0.2) is 0 Å². The predicted molar refractivity (Wildman–Crippen MR) is 61.1 cm³/mol. The molecule has 1 heterocycles. The summed E-state index contributed by atoms with van der Waals surface area (Å²) in [5.41, 5.74) is 3.52. The first-order chi connectivity index (χ1) is 7.31. The van der Waals surface area contributed by atoms with Crippen LogP contribution in [0.5, 0.6) is 0 Å². The molecular weight excluding hydrogens is 188 g/mol. The van der Waals surface area contributed by atoms with Gasteiger partial charge in [0.1, 0.15) is 6.10 Å². The number of likely N-dealkylation sites (N-methyl/N-ethyl adjacent to an activating group) is 1. The van der Waals surface area contributed by atoms with Gasteiger partial charge in [0, 0.05) is 18.5 Å². The largest absolute Gasteiger partial charge is 0.390 e. The lowest BCUT2D eigenvalue weighted by molar-refractivity contribution is 0.0866. The highest BCUT2D eigenvalue weighted by molar-refractivity contribution is 6.02. The van der Waals surface area contributed by atoms with Gasteiger partial charge in [0.15, 0.2) is 0 Å². The Labute approximate surface area is 90.1 Å². The number of hydrogen-bond acceptors (Lipinski definition) is 3. The molecule has 1 aromatic rings. The van der Waals surface area contributed by atoms with Crippen molar-refractivity contribution in [2.75, 3.05) is 13.6 Å². The first-order valence-corrected chi connectivity index (χ1v) is 5.24. The second-order valence-electron chi connectivity index (χ2n) is 3.84. The zero-order valence-corrected chi connectivity index (χ0v) is 9.16. The van der Waals surface area contributed by atoms with Crippen LogP contribution in [0.25, 0.3) is 0 Å². The number of nitrogens with one attached hydrogen (secondary N) is 1. The number of aryl methyl sites for hydroxylation is 1. The van der Waals surface area contributed by atoms with Crippen LogP contribution in [0.2, 0.25) is 0 Å². The third-order valence-corrected chi connectivity index (χ3v) is 2.62. The van der Waals surface area contributed by atoms with E-state index in [-0.39, 0.29) is 6.10 Å². The van der Waals surface area contributed by atoms with Crippen LogP contribution in [0, 0.1) is 6.92 Å².